The zero-order chi connectivity index (χ0) is 7.56. The summed E-state index contributed by atoms with van der Waals surface area (Å²) in [6.45, 7) is 2.12. The summed E-state index contributed by atoms with van der Waals surface area (Å²) >= 11 is 1.72. The van der Waals surface area contributed by atoms with Crippen LogP contribution in [0.15, 0.2) is 11.1 Å². The minimum Gasteiger partial charge on any atom is -0.359 e. The number of aldehydes is 1. The normalized spacial score (nSPS) is 24.8. The molecule has 1 aliphatic heterocycles. The molecule has 0 aliphatic carbocycles. The second-order valence-corrected chi connectivity index (χ2v) is 3.32. The number of likely N-dealkylation sites (N-methyl/N-ethyl adjacent to an activating group) is 1. The van der Waals surface area contributed by atoms with Crippen LogP contribution in [0, 0.1) is 0 Å². The van der Waals surface area contributed by atoms with Gasteiger partial charge in [0.1, 0.15) is 0 Å². The molecule has 10 heavy (non-hydrogen) atoms. The molecule has 0 saturated heterocycles. The fourth-order valence-electron chi connectivity index (χ4n) is 0.970. The van der Waals surface area contributed by atoms with Gasteiger partial charge >= 0.3 is 0 Å². The quantitative estimate of drug-likeness (QED) is 0.566. The van der Waals surface area contributed by atoms with E-state index in [0.717, 1.165) is 18.4 Å². The van der Waals surface area contributed by atoms with E-state index in [1.807, 2.05) is 17.4 Å². The second kappa shape index (κ2) is 3.10. The van der Waals surface area contributed by atoms with Crippen LogP contribution in [0.2, 0.25) is 0 Å². The molecule has 3 heteroatoms. The lowest BCUT2D eigenvalue weighted by molar-refractivity contribution is -0.106. The van der Waals surface area contributed by atoms with Crippen LogP contribution >= 0.6 is 11.8 Å². The van der Waals surface area contributed by atoms with Crippen molar-refractivity contribution in [2.45, 2.75) is 18.7 Å². The van der Waals surface area contributed by atoms with Crippen molar-refractivity contribution in [2.75, 3.05) is 7.05 Å². The smallest absolute Gasteiger partial charge is 0.166 e. The van der Waals surface area contributed by atoms with Crippen molar-refractivity contribution in [3.05, 3.63) is 11.1 Å². The van der Waals surface area contributed by atoms with Crippen LogP contribution in [-0.4, -0.2) is 23.6 Å². The number of carbonyl (C=O) groups is 1. The van der Waals surface area contributed by atoms with Crippen LogP contribution in [0.25, 0.3) is 0 Å². The Morgan fingerprint density at radius 1 is 1.90 bits per heavy atom. The summed E-state index contributed by atoms with van der Waals surface area (Å²) in [4.78, 5) is 12.4. The van der Waals surface area contributed by atoms with Gasteiger partial charge in [0.2, 0.25) is 0 Å². The fraction of sp³-hybridized carbons (Fsp3) is 0.571. The van der Waals surface area contributed by atoms with E-state index in [1.54, 1.807) is 11.8 Å². The third kappa shape index (κ3) is 1.19. The van der Waals surface area contributed by atoms with Crippen LogP contribution in [0.1, 0.15) is 13.3 Å². The third-order valence-corrected chi connectivity index (χ3v) is 3.00. The number of hydrogen-bond acceptors (Lipinski definition) is 3. The second-order valence-electron chi connectivity index (χ2n) is 2.27. The van der Waals surface area contributed by atoms with Gasteiger partial charge in [-0.05, 0) is 11.8 Å². The first-order valence-corrected chi connectivity index (χ1v) is 4.27. The molecule has 0 aromatic carbocycles. The first-order chi connectivity index (χ1) is 4.79. The number of thioether (sulfide) groups is 1. The Bertz CT molecular complexity index is 167. The molecule has 1 atom stereocenters. The maximum atomic E-state index is 10.4. The van der Waals surface area contributed by atoms with Gasteiger partial charge < -0.3 is 4.90 Å². The van der Waals surface area contributed by atoms with Crippen LogP contribution in [0.4, 0.5) is 0 Å². The highest BCUT2D eigenvalue weighted by molar-refractivity contribution is 8.02. The largest absolute Gasteiger partial charge is 0.359 e. The highest BCUT2D eigenvalue weighted by Crippen LogP contribution is 2.29. The van der Waals surface area contributed by atoms with E-state index in [1.165, 1.54) is 0 Å². The number of allylic oxidation sites excluding steroid dienone is 1. The minimum absolute atomic E-state index is 0.472. The SMILES string of the molecule is CCC1SC=C(C=O)N1C. The number of carbonyl (C=O) groups excluding carboxylic acids is 1. The average molecular weight is 157 g/mol. The highest BCUT2D eigenvalue weighted by Gasteiger charge is 2.20. The molecule has 0 radical (unpaired) electrons. The predicted molar refractivity (Wildman–Crippen MR) is 43.6 cm³/mol. The molecule has 1 heterocycles. The number of rotatable bonds is 2. The molecular formula is C7H11NOS. The summed E-state index contributed by atoms with van der Waals surface area (Å²) < 4.78 is 0. The summed E-state index contributed by atoms with van der Waals surface area (Å²) in [5, 5.41) is 2.39. The summed E-state index contributed by atoms with van der Waals surface area (Å²) in [6, 6.07) is 0. The van der Waals surface area contributed by atoms with Crippen molar-refractivity contribution >= 4 is 18.0 Å². The molecule has 1 aliphatic rings. The molecule has 1 unspecified atom stereocenters. The summed E-state index contributed by atoms with van der Waals surface area (Å²) in [5.74, 6) is 0. The van der Waals surface area contributed by atoms with Gasteiger partial charge in [0.05, 0.1) is 11.1 Å². The van der Waals surface area contributed by atoms with Crippen LogP contribution in [-0.2, 0) is 4.79 Å². The molecule has 0 bridgehead atoms. The lowest BCUT2D eigenvalue weighted by Crippen LogP contribution is -2.23. The zero-order valence-electron chi connectivity index (χ0n) is 6.20. The standard InChI is InChI=1S/C7H11NOS/c1-3-7-8(2)6(4-9)5-10-7/h4-5,7H,3H2,1-2H3. The van der Waals surface area contributed by atoms with E-state index < -0.39 is 0 Å². The predicted octanol–water partition coefficient (Wildman–Crippen LogP) is 1.44. The molecule has 2 nitrogen and oxygen atoms in total. The lowest BCUT2D eigenvalue weighted by atomic mass is 10.4. The first kappa shape index (κ1) is 7.66. The fourth-order valence-corrected chi connectivity index (χ4v) is 1.99. The van der Waals surface area contributed by atoms with Gasteiger partial charge in [0, 0.05) is 7.05 Å². The maximum Gasteiger partial charge on any atom is 0.166 e. The minimum atomic E-state index is 0.472. The van der Waals surface area contributed by atoms with Crippen LogP contribution in [0.3, 0.4) is 0 Å². The molecule has 1 rings (SSSR count). The lowest BCUT2D eigenvalue weighted by Gasteiger charge is -2.19. The third-order valence-electron chi connectivity index (χ3n) is 1.66. The Morgan fingerprint density at radius 3 is 2.90 bits per heavy atom. The molecule has 0 N–H and O–H groups in total. The Morgan fingerprint density at radius 2 is 2.60 bits per heavy atom. The van der Waals surface area contributed by atoms with Gasteiger partial charge in [-0.25, -0.2) is 0 Å². The van der Waals surface area contributed by atoms with Gasteiger partial charge in [-0.15, -0.1) is 11.8 Å². The van der Waals surface area contributed by atoms with Crippen LogP contribution in [0.5, 0.6) is 0 Å². The van der Waals surface area contributed by atoms with Crippen molar-refractivity contribution in [3.63, 3.8) is 0 Å². The molecule has 56 valence electrons. The van der Waals surface area contributed by atoms with E-state index in [4.69, 9.17) is 0 Å². The molecule has 0 amide bonds. The van der Waals surface area contributed by atoms with E-state index in [2.05, 4.69) is 6.92 Å². The van der Waals surface area contributed by atoms with Crippen molar-refractivity contribution in [1.29, 1.82) is 0 Å². The Kier molecular flexibility index (Phi) is 2.38. The Balaban J connectivity index is 2.59. The van der Waals surface area contributed by atoms with E-state index >= 15 is 0 Å². The first-order valence-electron chi connectivity index (χ1n) is 3.33. The van der Waals surface area contributed by atoms with E-state index in [0.29, 0.717) is 5.37 Å². The average Bonchev–Trinajstić information content (AvgIpc) is 2.30. The highest BCUT2D eigenvalue weighted by atomic mass is 32.2. The van der Waals surface area contributed by atoms with Crippen molar-refractivity contribution < 1.29 is 4.79 Å². The zero-order valence-corrected chi connectivity index (χ0v) is 7.02. The summed E-state index contributed by atoms with van der Waals surface area (Å²) in [7, 11) is 1.95. The van der Waals surface area contributed by atoms with Crippen molar-refractivity contribution in [3.8, 4) is 0 Å². The molecule has 0 aromatic heterocycles. The monoisotopic (exact) mass is 157 g/mol. The number of nitrogens with zero attached hydrogens (tertiary/aromatic N) is 1. The van der Waals surface area contributed by atoms with Gasteiger partial charge in [-0.1, -0.05) is 6.92 Å². The molecular weight excluding hydrogens is 146 g/mol. The number of hydrogen-bond donors (Lipinski definition) is 0. The molecule has 0 aromatic rings. The molecule has 0 spiro atoms. The Hall–Kier alpha value is -0.440. The maximum absolute atomic E-state index is 10.4. The van der Waals surface area contributed by atoms with E-state index in [9.17, 15) is 4.79 Å². The van der Waals surface area contributed by atoms with Gasteiger partial charge in [-0.2, -0.15) is 0 Å². The summed E-state index contributed by atoms with van der Waals surface area (Å²) in [5.41, 5.74) is 0.803. The van der Waals surface area contributed by atoms with Crippen molar-refractivity contribution in [1.82, 2.24) is 4.90 Å². The van der Waals surface area contributed by atoms with Gasteiger partial charge in [-0.3, -0.25) is 4.79 Å². The van der Waals surface area contributed by atoms with Crippen molar-refractivity contribution in [2.24, 2.45) is 0 Å². The molecule has 0 fully saturated rings. The molecule has 0 saturated carbocycles. The van der Waals surface area contributed by atoms with E-state index in [-0.39, 0.29) is 0 Å². The Labute approximate surface area is 65.3 Å². The topological polar surface area (TPSA) is 20.3 Å². The van der Waals surface area contributed by atoms with Crippen LogP contribution < -0.4 is 0 Å². The van der Waals surface area contributed by atoms with Gasteiger partial charge in [0.15, 0.2) is 6.29 Å². The summed E-state index contributed by atoms with van der Waals surface area (Å²) in [6.07, 6.45) is 1.98. The van der Waals surface area contributed by atoms with Gasteiger partial charge in [0.25, 0.3) is 0 Å².